The number of nitrogens with two attached hydrogens (primary N) is 1. The highest BCUT2D eigenvalue weighted by molar-refractivity contribution is 5.67. The van der Waals surface area contributed by atoms with Gasteiger partial charge in [0, 0.05) is 36.6 Å². The molecule has 2 bridgehead atoms. The summed E-state index contributed by atoms with van der Waals surface area (Å²) in [7, 11) is 0. The molecule has 2 aliphatic rings. The second-order valence-corrected chi connectivity index (χ2v) is 10.6. The number of hydrogen-bond acceptors (Lipinski definition) is 3. The quantitative estimate of drug-likeness (QED) is 0.663. The maximum Gasteiger partial charge on any atom is 0.137 e. The maximum atomic E-state index is 6.15. The molecular formula is C25H32N4. The van der Waals surface area contributed by atoms with Crippen molar-refractivity contribution >= 4 is 11.3 Å². The Morgan fingerprint density at radius 2 is 1.83 bits per heavy atom. The molecule has 2 atom stereocenters. The smallest absolute Gasteiger partial charge is 0.137 e. The van der Waals surface area contributed by atoms with Crippen molar-refractivity contribution in [2.75, 3.05) is 12.3 Å². The summed E-state index contributed by atoms with van der Waals surface area (Å²) in [6, 6.07) is 13.4. The van der Waals surface area contributed by atoms with Gasteiger partial charge in [-0.05, 0) is 49.1 Å². The third-order valence-corrected chi connectivity index (χ3v) is 6.94. The van der Waals surface area contributed by atoms with E-state index in [1.807, 2.05) is 18.3 Å². The average Bonchev–Trinajstić information content (AvgIpc) is 3.09. The molecule has 1 aliphatic heterocycles. The molecule has 3 aromatic rings. The Morgan fingerprint density at radius 3 is 2.59 bits per heavy atom. The zero-order valence-electron chi connectivity index (χ0n) is 18.1. The van der Waals surface area contributed by atoms with Crippen molar-refractivity contribution < 1.29 is 0 Å². The maximum absolute atomic E-state index is 6.15. The number of benzene rings is 1. The van der Waals surface area contributed by atoms with Crippen molar-refractivity contribution in [3.05, 3.63) is 53.9 Å². The van der Waals surface area contributed by atoms with E-state index in [1.54, 1.807) is 0 Å². The summed E-state index contributed by atoms with van der Waals surface area (Å²) in [6.07, 6.45) is 5.94. The van der Waals surface area contributed by atoms with E-state index in [0.717, 1.165) is 23.6 Å². The largest absolute Gasteiger partial charge is 0.398 e. The molecule has 1 saturated heterocycles. The lowest BCUT2D eigenvalue weighted by molar-refractivity contribution is 0.126. The van der Waals surface area contributed by atoms with E-state index in [1.165, 1.54) is 42.6 Å². The number of likely N-dealkylation sites (tertiary alicyclic amines) is 1. The van der Waals surface area contributed by atoms with Gasteiger partial charge in [0.05, 0.1) is 11.4 Å². The van der Waals surface area contributed by atoms with Crippen LogP contribution in [0.2, 0.25) is 0 Å². The van der Waals surface area contributed by atoms with Gasteiger partial charge in [-0.15, -0.1) is 0 Å². The lowest BCUT2D eigenvalue weighted by atomic mass is 9.65. The van der Waals surface area contributed by atoms with Crippen molar-refractivity contribution in [1.29, 1.82) is 0 Å². The average molecular weight is 389 g/mol. The Hall–Kier alpha value is -2.33. The van der Waals surface area contributed by atoms with E-state index in [0.29, 0.717) is 16.9 Å². The number of rotatable bonds is 3. The number of pyridine rings is 1. The van der Waals surface area contributed by atoms with E-state index in [2.05, 4.69) is 61.3 Å². The van der Waals surface area contributed by atoms with Crippen molar-refractivity contribution in [3.63, 3.8) is 0 Å². The lowest BCUT2D eigenvalue weighted by Gasteiger charge is -2.40. The van der Waals surface area contributed by atoms with Gasteiger partial charge in [0.1, 0.15) is 5.65 Å². The van der Waals surface area contributed by atoms with Crippen LogP contribution in [0, 0.1) is 17.8 Å². The van der Waals surface area contributed by atoms with Gasteiger partial charge in [0.25, 0.3) is 0 Å². The summed E-state index contributed by atoms with van der Waals surface area (Å²) in [5.41, 5.74) is 13.5. The first-order valence-corrected chi connectivity index (χ1v) is 10.8. The second-order valence-electron chi connectivity index (χ2n) is 10.6. The fourth-order valence-electron chi connectivity index (χ4n) is 6.16. The SMILES string of the molecule is Cc1ccc(-c2nc3ccc(N)cn3c2CN2CC3(C)CC2CC(C)(C)C3)cc1. The van der Waals surface area contributed by atoms with Gasteiger partial charge in [-0.25, -0.2) is 4.98 Å². The third-order valence-electron chi connectivity index (χ3n) is 6.94. The van der Waals surface area contributed by atoms with Crippen LogP contribution in [0.5, 0.6) is 0 Å². The van der Waals surface area contributed by atoms with Crippen LogP contribution >= 0.6 is 0 Å². The summed E-state index contributed by atoms with van der Waals surface area (Å²) in [4.78, 5) is 7.72. The van der Waals surface area contributed by atoms with Crippen molar-refractivity contribution in [3.8, 4) is 11.3 Å². The van der Waals surface area contributed by atoms with Crippen LogP contribution in [0.15, 0.2) is 42.6 Å². The highest BCUT2D eigenvalue weighted by atomic mass is 15.2. The zero-order chi connectivity index (χ0) is 20.4. The molecule has 1 saturated carbocycles. The molecule has 0 spiro atoms. The number of hydrogen-bond donors (Lipinski definition) is 1. The highest BCUT2D eigenvalue weighted by Crippen LogP contribution is 2.52. The number of aryl methyl sites for hydroxylation is 1. The number of anilines is 1. The van der Waals surface area contributed by atoms with Gasteiger partial charge in [0.15, 0.2) is 0 Å². The molecule has 2 N–H and O–H groups in total. The number of aromatic nitrogens is 2. The van der Waals surface area contributed by atoms with Gasteiger partial charge < -0.3 is 10.1 Å². The predicted octanol–water partition coefficient (Wildman–Crippen LogP) is 5.29. The van der Waals surface area contributed by atoms with E-state index < -0.39 is 0 Å². The Labute approximate surface area is 173 Å². The minimum absolute atomic E-state index is 0.427. The third kappa shape index (κ3) is 3.33. The van der Waals surface area contributed by atoms with Crippen molar-refractivity contribution in [2.24, 2.45) is 10.8 Å². The fraction of sp³-hybridized carbons (Fsp3) is 0.480. The van der Waals surface area contributed by atoms with Crippen LogP contribution in [0.4, 0.5) is 5.69 Å². The van der Waals surface area contributed by atoms with Crippen LogP contribution < -0.4 is 5.73 Å². The first kappa shape index (κ1) is 18.7. The second kappa shape index (κ2) is 6.33. The van der Waals surface area contributed by atoms with Crippen molar-refractivity contribution in [2.45, 2.75) is 59.5 Å². The topological polar surface area (TPSA) is 46.6 Å². The minimum Gasteiger partial charge on any atom is -0.398 e. The Bertz CT molecular complexity index is 1060. The molecule has 5 rings (SSSR count). The van der Waals surface area contributed by atoms with Gasteiger partial charge >= 0.3 is 0 Å². The van der Waals surface area contributed by atoms with E-state index >= 15 is 0 Å². The Kier molecular flexibility index (Phi) is 4.08. The molecule has 1 aromatic carbocycles. The summed E-state index contributed by atoms with van der Waals surface area (Å²) >= 11 is 0. The number of fused-ring (bicyclic) bond motifs is 3. The summed E-state index contributed by atoms with van der Waals surface area (Å²) in [6.45, 7) is 11.6. The normalized spacial score (nSPS) is 26.3. The summed E-state index contributed by atoms with van der Waals surface area (Å²) < 4.78 is 2.21. The molecule has 2 aromatic heterocycles. The molecule has 2 unspecified atom stereocenters. The highest BCUT2D eigenvalue weighted by Gasteiger charge is 2.49. The molecule has 152 valence electrons. The van der Waals surface area contributed by atoms with Crippen LogP contribution in [0.3, 0.4) is 0 Å². The molecule has 4 nitrogen and oxygen atoms in total. The van der Waals surface area contributed by atoms with Gasteiger partial charge in [-0.3, -0.25) is 4.90 Å². The molecule has 1 aliphatic carbocycles. The standard InChI is InChI=1S/C25H32N4/c1-17-5-7-18(8-6-17)23-21(29-13-19(26)9-10-22(29)27-23)14-28-16-25(4)12-20(28)11-24(2,3)15-25/h5-10,13,20H,11-12,14-16,26H2,1-4H3. The summed E-state index contributed by atoms with van der Waals surface area (Å²) in [5, 5.41) is 0. The number of nitrogen functional groups attached to an aromatic ring is 1. The molecular weight excluding hydrogens is 356 g/mol. The van der Waals surface area contributed by atoms with Crippen LogP contribution in [0.25, 0.3) is 16.9 Å². The van der Waals surface area contributed by atoms with Gasteiger partial charge in [0.2, 0.25) is 0 Å². The molecule has 3 heterocycles. The molecule has 0 amide bonds. The Morgan fingerprint density at radius 1 is 1.07 bits per heavy atom. The van der Waals surface area contributed by atoms with E-state index in [-0.39, 0.29) is 0 Å². The van der Waals surface area contributed by atoms with E-state index in [9.17, 15) is 0 Å². The first-order valence-electron chi connectivity index (χ1n) is 10.8. The predicted molar refractivity (Wildman–Crippen MR) is 120 cm³/mol. The summed E-state index contributed by atoms with van der Waals surface area (Å²) in [5.74, 6) is 0. The van der Waals surface area contributed by atoms with E-state index in [4.69, 9.17) is 10.7 Å². The lowest BCUT2D eigenvalue weighted by Crippen LogP contribution is -2.34. The molecule has 4 heteroatoms. The first-order chi connectivity index (χ1) is 13.7. The number of nitrogens with zero attached hydrogens (tertiary/aromatic N) is 3. The number of imidazole rings is 1. The van der Waals surface area contributed by atoms with Crippen LogP contribution in [-0.2, 0) is 6.54 Å². The van der Waals surface area contributed by atoms with Gasteiger partial charge in [-0.1, -0.05) is 50.6 Å². The molecule has 29 heavy (non-hydrogen) atoms. The Balaban J connectivity index is 1.58. The minimum atomic E-state index is 0.427. The monoisotopic (exact) mass is 388 g/mol. The zero-order valence-corrected chi connectivity index (χ0v) is 18.1. The van der Waals surface area contributed by atoms with Gasteiger partial charge in [-0.2, -0.15) is 0 Å². The van der Waals surface area contributed by atoms with Crippen LogP contribution in [0.1, 0.15) is 51.3 Å². The van der Waals surface area contributed by atoms with Crippen molar-refractivity contribution in [1.82, 2.24) is 14.3 Å². The fourth-order valence-corrected chi connectivity index (χ4v) is 6.16. The molecule has 2 fully saturated rings. The van der Waals surface area contributed by atoms with Crippen LogP contribution in [-0.4, -0.2) is 26.9 Å². The molecule has 0 radical (unpaired) electrons.